The predicted octanol–water partition coefficient (Wildman–Crippen LogP) is 1.45. The topological polar surface area (TPSA) is 76.7 Å². The maximum atomic E-state index is 12.0. The van der Waals surface area contributed by atoms with Crippen molar-refractivity contribution in [2.75, 3.05) is 45.8 Å². The number of unbranched alkanes of at least 4 members (excludes halogenated alkanes) is 1. The third-order valence-corrected chi connectivity index (χ3v) is 4.37. The van der Waals surface area contributed by atoms with Crippen LogP contribution in [-0.4, -0.2) is 48.9 Å². The van der Waals surface area contributed by atoms with Gasteiger partial charge in [0.1, 0.15) is 0 Å². The molecule has 0 bridgehead atoms. The van der Waals surface area contributed by atoms with E-state index in [9.17, 15) is 8.42 Å². The van der Waals surface area contributed by atoms with Gasteiger partial charge in [-0.1, -0.05) is 0 Å². The summed E-state index contributed by atoms with van der Waals surface area (Å²) in [6.45, 7) is 2.17. The van der Waals surface area contributed by atoms with Crippen molar-refractivity contribution in [3.63, 3.8) is 0 Å². The van der Waals surface area contributed by atoms with Crippen LogP contribution >= 0.6 is 0 Å². The van der Waals surface area contributed by atoms with E-state index in [1.165, 1.54) is 0 Å². The highest BCUT2D eigenvalue weighted by molar-refractivity contribution is 7.89. The molecular formula is C14H24N2O4S. The standard InChI is InChI=1S/C14H24N2O4S/c1-15-13-5-7-14(8-6-13)21(17,18)16-9-3-4-10-20-12-11-19-2/h5-8,15-16H,3-4,9-12H2,1-2H3. The largest absolute Gasteiger partial charge is 0.388 e. The van der Waals surface area contributed by atoms with Crippen LogP contribution in [0.15, 0.2) is 29.2 Å². The molecule has 0 saturated carbocycles. The maximum Gasteiger partial charge on any atom is 0.240 e. The fourth-order valence-electron chi connectivity index (χ4n) is 1.66. The molecule has 0 radical (unpaired) electrons. The van der Waals surface area contributed by atoms with Gasteiger partial charge >= 0.3 is 0 Å². The summed E-state index contributed by atoms with van der Waals surface area (Å²) >= 11 is 0. The maximum absolute atomic E-state index is 12.0. The molecule has 1 aromatic rings. The number of nitrogens with one attached hydrogen (secondary N) is 2. The molecule has 0 spiro atoms. The number of sulfonamides is 1. The zero-order valence-corrected chi connectivity index (χ0v) is 13.4. The molecule has 0 unspecified atom stereocenters. The van der Waals surface area contributed by atoms with Gasteiger partial charge in [-0.25, -0.2) is 13.1 Å². The lowest BCUT2D eigenvalue weighted by Gasteiger charge is -2.08. The molecule has 0 heterocycles. The molecule has 0 saturated heterocycles. The van der Waals surface area contributed by atoms with Crippen molar-refractivity contribution in [2.24, 2.45) is 0 Å². The molecule has 0 atom stereocenters. The average Bonchev–Trinajstić information content (AvgIpc) is 2.50. The molecule has 0 fully saturated rings. The Balaban J connectivity index is 2.26. The highest BCUT2D eigenvalue weighted by atomic mass is 32.2. The van der Waals surface area contributed by atoms with Crippen LogP contribution < -0.4 is 10.0 Å². The predicted molar refractivity (Wildman–Crippen MR) is 83.1 cm³/mol. The van der Waals surface area contributed by atoms with Gasteiger partial charge in [0.05, 0.1) is 18.1 Å². The van der Waals surface area contributed by atoms with Gasteiger partial charge in [0.15, 0.2) is 0 Å². The molecule has 1 aromatic carbocycles. The molecule has 0 aliphatic rings. The SMILES string of the molecule is CNc1ccc(S(=O)(=O)NCCCCOCCOC)cc1. The zero-order chi connectivity index (χ0) is 15.6. The molecule has 0 aliphatic carbocycles. The second-order valence-electron chi connectivity index (χ2n) is 4.48. The first-order valence-corrected chi connectivity index (χ1v) is 8.42. The summed E-state index contributed by atoms with van der Waals surface area (Å²) in [6, 6.07) is 6.64. The summed E-state index contributed by atoms with van der Waals surface area (Å²) in [6.07, 6.45) is 1.55. The van der Waals surface area contributed by atoms with E-state index in [0.29, 0.717) is 26.4 Å². The number of anilines is 1. The fourth-order valence-corrected chi connectivity index (χ4v) is 2.74. The summed E-state index contributed by atoms with van der Waals surface area (Å²) < 4.78 is 36.8. The van der Waals surface area contributed by atoms with Gasteiger partial charge < -0.3 is 14.8 Å². The van der Waals surface area contributed by atoms with Gasteiger partial charge in [-0.3, -0.25) is 0 Å². The van der Waals surface area contributed by atoms with E-state index in [4.69, 9.17) is 9.47 Å². The van der Waals surface area contributed by atoms with Crippen molar-refractivity contribution < 1.29 is 17.9 Å². The summed E-state index contributed by atoms with van der Waals surface area (Å²) in [4.78, 5) is 0.276. The minimum atomic E-state index is -3.43. The Morgan fingerprint density at radius 3 is 2.38 bits per heavy atom. The van der Waals surface area contributed by atoms with Gasteiger partial charge in [0.2, 0.25) is 10.0 Å². The Bertz CT molecular complexity index is 488. The third-order valence-electron chi connectivity index (χ3n) is 2.89. The van der Waals surface area contributed by atoms with Gasteiger partial charge in [-0.05, 0) is 37.1 Å². The van der Waals surface area contributed by atoms with Gasteiger partial charge in [-0.2, -0.15) is 0 Å². The van der Waals surface area contributed by atoms with E-state index in [1.54, 1.807) is 38.4 Å². The van der Waals surface area contributed by atoms with Crippen LogP contribution in [0.25, 0.3) is 0 Å². The Morgan fingerprint density at radius 1 is 1.05 bits per heavy atom. The van der Waals surface area contributed by atoms with Gasteiger partial charge in [-0.15, -0.1) is 0 Å². The zero-order valence-electron chi connectivity index (χ0n) is 12.6. The van der Waals surface area contributed by atoms with E-state index in [0.717, 1.165) is 18.5 Å². The number of methoxy groups -OCH3 is 1. The van der Waals surface area contributed by atoms with E-state index in [1.807, 2.05) is 0 Å². The first-order chi connectivity index (χ1) is 10.1. The van der Waals surface area contributed by atoms with Crippen LogP contribution in [0, 0.1) is 0 Å². The second kappa shape index (κ2) is 9.73. The first kappa shape index (κ1) is 17.9. The second-order valence-corrected chi connectivity index (χ2v) is 6.25. The summed E-state index contributed by atoms with van der Waals surface area (Å²) in [5.41, 5.74) is 0.877. The van der Waals surface area contributed by atoms with E-state index >= 15 is 0 Å². The molecule has 0 aromatic heterocycles. The molecule has 7 heteroatoms. The van der Waals surface area contributed by atoms with Crippen LogP contribution in [0.2, 0.25) is 0 Å². The first-order valence-electron chi connectivity index (χ1n) is 6.94. The van der Waals surface area contributed by atoms with Gasteiger partial charge in [0, 0.05) is 33.0 Å². The quantitative estimate of drug-likeness (QED) is 0.604. The number of rotatable bonds is 11. The van der Waals surface area contributed by atoms with Crippen molar-refractivity contribution in [2.45, 2.75) is 17.7 Å². The highest BCUT2D eigenvalue weighted by Gasteiger charge is 2.12. The summed E-state index contributed by atoms with van der Waals surface area (Å²) in [5, 5.41) is 2.95. The molecule has 0 aliphatic heterocycles. The lowest BCUT2D eigenvalue weighted by atomic mass is 10.3. The molecule has 21 heavy (non-hydrogen) atoms. The molecule has 1 rings (SSSR count). The number of ether oxygens (including phenoxy) is 2. The van der Waals surface area contributed by atoms with Crippen molar-refractivity contribution in [1.29, 1.82) is 0 Å². The van der Waals surface area contributed by atoms with Gasteiger partial charge in [0.25, 0.3) is 0 Å². The summed E-state index contributed by atoms with van der Waals surface area (Å²) in [7, 11) is -0.0108. The Morgan fingerprint density at radius 2 is 1.76 bits per heavy atom. The molecule has 2 N–H and O–H groups in total. The van der Waals surface area contributed by atoms with Crippen LogP contribution in [0.3, 0.4) is 0 Å². The van der Waals surface area contributed by atoms with Crippen molar-refractivity contribution in [3.8, 4) is 0 Å². The van der Waals surface area contributed by atoms with Crippen LogP contribution in [0.5, 0.6) is 0 Å². The Labute approximate surface area is 126 Å². The minimum Gasteiger partial charge on any atom is -0.388 e. The lowest BCUT2D eigenvalue weighted by Crippen LogP contribution is -2.25. The number of benzene rings is 1. The van der Waals surface area contributed by atoms with Crippen molar-refractivity contribution in [1.82, 2.24) is 4.72 Å². The third kappa shape index (κ3) is 6.90. The summed E-state index contributed by atoms with van der Waals surface area (Å²) in [5.74, 6) is 0. The smallest absolute Gasteiger partial charge is 0.240 e. The minimum absolute atomic E-state index is 0.276. The van der Waals surface area contributed by atoms with Crippen LogP contribution in [0.4, 0.5) is 5.69 Å². The molecule has 0 amide bonds. The van der Waals surface area contributed by atoms with Crippen molar-refractivity contribution in [3.05, 3.63) is 24.3 Å². The molecular weight excluding hydrogens is 292 g/mol. The monoisotopic (exact) mass is 316 g/mol. The molecule has 120 valence electrons. The fraction of sp³-hybridized carbons (Fsp3) is 0.571. The Kier molecular flexibility index (Phi) is 8.29. The average molecular weight is 316 g/mol. The number of hydrogen-bond acceptors (Lipinski definition) is 5. The highest BCUT2D eigenvalue weighted by Crippen LogP contribution is 2.13. The van der Waals surface area contributed by atoms with Crippen LogP contribution in [0.1, 0.15) is 12.8 Å². The number of hydrogen-bond donors (Lipinski definition) is 2. The Hall–Kier alpha value is -1.15. The van der Waals surface area contributed by atoms with Crippen molar-refractivity contribution >= 4 is 15.7 Å². The molecule has 6 nitrogen and oxygen atoms in total. The van der Waals surface area contributed by atoms with E-state index in [-0.39, 0.29) is 4.90 Å². The normalized spacial score (nSPS) is 11.5. The van der Waals surface area contributed by atoms with Crippen LogP contribution in [-0.2, 0) is 19.5 Å². The van der Waals surface area contributed by atoms with E-state index in [2.05, 4.69) is 10.0 Å². The van der Waals surface area contributed by atoms with E-state index < -0.39 is 10.0 Å². The lowest BCUT2D eigenvalue weighted by molar-refractivity contribution is 0.0689.